The SMILES string of the molecule is Cc1cnc(C2(C(=O)N3CC(S(=O)c4ccc(-c5cnn(C)c5)cc4Cl)C[C@H]3C(=O)NC3(C#N)CC3)CC2)c(F)c1. The molecule has 2 saturated carbocycles. The predicted molar refractivity (Wildman–Crippen MR) is 150 cm³/mol. The Morgan fingerprint density at radius 2 is 1.95 bits per heavy atom. The van der Waals surface area contributed by atoms with Crippen molar-refractivity contribution in [3.05, 3.63) is 65.0 Å². The normalized spacial score (nSPS) is 22.6. The number of hydrogen-bond acceptors (Lipinski definition) is 6. The number of amides is 2. The fourth-order valence-electron chi connectivity index (χ4n) is 5.57. The highest BCUT2D eigenvalue weighted by atomic mass is 35.5. The number of nitrogens with one attached hydrogen (secondary N) is 1. The summed E-state index contributed by atoms with van der Waals surface area (Å²) in [6.45, 7) is 1.75. The van der Waals surface area contributed by atoms with Crippen molar-refractivity contribution < 1.29 is 18.2 Å². The van der Waals surface area contributed by atoms with Crippen LogP contribution in [0, 0.1) is 24.1 Å². The maximum Gasteiger partial charge on any atom is 0.244 e. The van der Waals surface area contributed by atoms with Crippen molar-refractivity contribution in [3.63, 3.8) is 0 Å². The zero-order valence-electron chi connectivity index (χ0n) is 22.6. The van der Waals surface area contributed by atoms with Gasteiger partial charge in [-0.1, -0.05) is 17.7 Å². The molecule has 3 aromatic rings. The number of nitrogens with zero attached hydrogens (tertiary/aromatic N) is 5. The summed E-state index contributed by atoms with van der Waals surface area (Å²) in [5.41, 5.74) is 0.291. The molecule has 2 aliphatic carbocycles. The van der Waals surface area contributed by atoms with E-state index in [0.29, 0.717) is 41.2 Å². The number of carbonyl (C=O) groups is 2. The van der Waals surface area contributed by atoms with Crippen LogP contribution in [0.25, 0.3) is 11.1 Å². The number of aryl methyl sites for hydroxylation is 2. The number of nitriles is 1. The molecule has 1 aliphatic heterocycles. The summed E-state index contributed by atoms with van der Waals surface area (Å²) in [5.74, 6) is -1.44. The number of hydrogen-bond donors (Lipinski definition) is 1. The average molecular weight is 595 g/mol. The van der Waals surface area contributed by atoms with Gasteiger partial charge in [-0.25, -0.2) is 4.39 Å². The highest BCUT2D eigenvalue weighted by Crippen LogP contribution is 2.51. The number of halogens is 2. The Morgan fingerprint density at radius 1 is 1.20 bits per heavy atom. The van der Waals surface area contributed by atoms with Crippen LogP contribution in [0.1, 0.15) is 43.4 Å². The molecule has 212 valence electrons. The zero-order valence-corrected chi connectivity index (χ0v) is 24.1. The number of rotatable bonds is 7. The van der Waals surface area contributed by atoms with Crippen molar-refractivity contribution in [2.75, 3.05) is 6.54 Å². The minimum atomic E-state index is -1.65. The van der Waals surface area contributed by atoms with E-state index < -0.39 is 50.7 Å². The van der Waals surface area contributed by atoms with Crippen LogP contribution in [0.15, 0.2) is 47.8 Å². The van der Waals surface area contributed by atoms with Gasteiger partial charge in [-0.2, -0.15) is 10.4 Å². The van der Waals surface area contributed by atoms with Gasteiger partial charge in [-0.3, -0.25) is 23.5 Å². The van der Waals surface area contributed by atoms with Crippen LogP contribution >= 0.6 is 11.6 Å². The Labute approximate surface area is 244 Å². The lowest BCUT2D eigenvalue weighted by molar-refractivity contribution is -0.140. The molecule has 3 fully saturated rings. The topological polar surface area (TPSA) is 121 Å². The van der Waals surface area contributed by atoms with Crippen LogP contribution in [0.4, 0.5) is 4.39 Å². The molecule has 3 heterocycles. The van der Waals surface area contributed by atoms with Crippen LogP contribution in [0.3, 0.4) is 0 Å². The molecule has 0 radical (unpaired) electrons. The summed E-state index contributed by atoms with van der Waals surface area (Å²) in [6, 6.07) is 7.77. The summed E-state index contributed by atoms with van der Waals surface area (Å²) < 4.78 is 30.5. The highest BCUT2D eigenvalue weighted by molar-refractivity contribution is 7.85. The van der Waals surface area contributed by atoms with E-state index in [2.05, 4.69) is 21.5 Å². The van der Waals surface area contributed by atoms with Crippen LogP contribution < -0.4 is 5.32 Å². The van der Waals surface area contributed by atoms with Crippen LogP contribution in [-0.2, 0) is 32.9 Å². The number of likely N-dealkylation sites (tertiary alicyclic amines) is 1. The molecular formula is C29H28ClFN6O3S. The molecule has 1 aromatic carbocycles. The fraction of sp³-hybridized carbons (Fsp3) is 0.414. The lowest BCUT2D eigenvalue weighted by atomic mass is 9.98. The summed E-state index contributed by atoms with van der Waals surface area (Å²) in [4.78, 5) is 33.6. The van der Waals surface area contributed by atoms with Gasteiger partial charge in [0.15, 0.2) is 0 Å². The quantitative estimate of drug-likeness (QED) is 0.446. The maximum absolute atomic E-state index is 15.0. The summed E-state index contributed by atoms with van der Waals surface area (Å²) >= 11 is 6.60. The van der Waals surface area contributed by atoms with Crippen molar-refractivity contribution in [2.24, 2.45) is 7.05 Å². The smallest absolute Gasteiger partial charge is 0.244 e. The molecule has 2 aromatic heterocycles. The second-order valence-electron chi connectivity index (χ2n) is 11.3. The van der Waals surface area contributed by atoms with E-state index in [0.717, 1.165) is 11.1 Å². The first-order valence-corrected chi connectivity index (χ1v) is 15.0. The van der Waals surface area contributed by atoms with Gasteiger partial charge in [0.2, 0.25) is 11.8 Å². The molecule has 6 rings (SSSR count). The van der Waals surface area contributed by atoms with E-state index in [1.807, 2.05) is 19.3 Å². The van der Waals surface area contributed by atoms with Gasteiger partial charge in [0.05, 0.1) is 49.3 Å². The van der Waals surface area contributed by atoms with E-state index in [1.165, 1.54) is 17.2 Å². The second kappa shape index (κ2) is 10.0. The van der Waals surface area contributed by atoms with Gasteiger partial charge in [0.1, 0.15) is 17.4 Å². The molecule has 1 N–H and O–H groups in total. The Hall–Kier alpha value is -3.62. The van der Waals surface area contributed by atoms with Crippen molar-refractivity contribution >= 4 is 34.2 Å². The Balaban J connectivity index is 1.29. The number of benzene rings is 1. The summed E-state index contributed by atoms with van der Waals surface area (Å²) in [7, 11) is 0.157. The molecule has 3 atom stereocenters. The van der Waals surface area contributed by atoms with Crippen molar-refractivity contribution in [3.8, 4) is 17.2 Å². The molecule has 0 spiro atoms. The molecule has 41 heavy (non-hydrogen) atoms. The van der Waals surface area contributed by atoms with Crippen molar-refractivity contribution in [1.29, 1.82) is 5.26 Å². The minimum absolute atomic E-state index is 0.0268. The maximum atomic E-state index is 15.0. The molecule has 2 amide bonds. The number of aromatic nitrogens is 3. The van der Waals surface area contributed by atoms with Gasteiger partial charge in [0.25, 0.3) is 0 Å². The fourth-order valence-corrected chi connectivity index (χ4v) is 7.44. The zero-order chi connectivity index (χ0) is 29.1. The molecule has 9 nitrogen and oxygen atoms in total. The lowest BCUT2D eigenvalue weighted by Gasteiger charge is -2.28. The number of carbonyl (C=O) groups excluding carboxylic acids is 2. The van der Waals surface area contributed by atoms with E-state index >= 15 is 0 Å². The standard InChI is InChI=1S/C29H28ClFN6O3S/c1-17-9-22(31)25(33-12-17)29(7-8-29)27(39)37-15-20(11-23(37)26(38)35-28(16-32)5-6-28)41(40)24-4-3-18(10-21(24)30)19-13-34-36(2)14-19/h3-4,9-10,12-14,20,23H,5-8,11,15H2,1-2H3,(H,35,38)/t20?,23-,41?/m0/s1. The third-order valence-electron chi connectivity index (χ3n) is 8.23. The summed E-state index contributed by atoms with van der Waals surface area (Å²) in [5, 5.41) is 16.2. The largest absolute Gasteiger partial charge is 0.336 e. The first-order chi connectivity index (χ1) is 19.6. The highest BCUT2D eigenvalue weighted by Gasteiger charge is 2.59. The van der Waals surface area contributed by atoms with Gasteiger partial charge < -0.3 is 10.2 Å². The molecule has 3 aliphatic rings. The van der Waals surface area contributed by atoms with Crippen molar-refractivity contribution in [1.82, 2.24) is 25.0 Å². The Kier molecular flexibility index (Phi) is 6.74. The minimum Gasteiger partial charge on any atom is -0.336 e. The van der Waals surface area contributed by atoms with Gasteiger partial charge in [0, 0.05) is 31.5 Å². The third-order valence-corrected chi connectivity index (χ3v) is 10.4. The molecule has 0 bridgehead atoms. The van der Waals surface area contributed by atoms with Gasteiger partial charge >= 0.3 is 0 Å². The van der Waals surface area contributed by atoms with Crippen molar-refractivity contribution in [2.45, 2.75) is 66.2 Å². The molecule has 2 unspecified atom stereocenters. The summed E-state index contributed by atoms with van der Waals surface area (Å²) in [6.07, 6.45) is 7.07. The van der Waals surface area contributed by atoms with E-state index in [-0.39, 0.29) is 18.7 Å². The van der Waals surface area contributed by atoms with Crippen LogP contribution in [0.2, 0.25) is 5.02 Å². The lowest BCUT2D eigenvalue weighted by Crippen LogP contribution is -2.52. The second-order valence-corrected chi connectivity index (χ2v) is 13.4. The van der Waals surface area contributed by atoms with Crippen LogP contribution in [-0.4, -0.2) is 59.1 Å². The first kappa shape index (κ1) is 27.5. The molecular weight excluding hydrogens is 567 g/mol. The number of pyridine rings is 1. The Bertz CT molecular complexity index is 1640. The molecule has 12 heteroatoms. The van der Waals surface area contributed by atoms with Gasteiger partial charge in [-0.15, -0.1) is 0 Å². The average Bonchev–Trinajstić information content (AvgIpc) is 3.82. The first-order valence-electron chi connectivity index (χ1n) is 13.4. The predicted octanol–water partition coefficient (Wildman–Crippen LogP) is 3.56. The van der Waals surface area contributed by atoms with E-state index in [1.54, 1.807) is 29.9 Å². The van der Waals surface area contributed by atoms with Gasteiger partial charge in [-0.05, 0) is 68.4 Å². The third kappa shape index (κ3) is 4.93. The van der Waals surface area contributed by atoms with E-state index in [4.69, 9.17) is 11.6 Å². The Morgan fingerprint density at radius 3 is 2.54 bits per heavy atom. The van der Waals surface area contributed by atoms with Crippen LogP contribution in [0.5, 0.6) is 0 Å². The monoisotopic (exact) mass is 594 g/mol. The van der Waals surface area contributed by atoms with E-state index in [9.17, 15) is 23.5 Å². The molecule has 1 saturated heterocycles.